The third kappa shape index (κ3) is 4.04. The minimum absolute atomic E-state index is 0.288. The topological polar surface area (TPSA) is 143 Å². The number of fused-ring (bicyclic) bond motifs is 1. The molecule has 0 saturated carbocycles. The lowest BCUT2D eigenvalue weighted by Crippen LogP contribution is -2.27. The van der Waals surface area contributed by atoms with Gasteiger partial charge in [-0.25, -0.2) is 14.8 Å². The third-order valence-corrected chi connectivity index (χ3v) is 4.42. The molecule has 0 bridgehead atoms. The van der Waals surface area contributed by atoms with Crippen molar-refractivity contribution in [2.45, 2.75) is 33.3 Å². The number of nitrogens with two attached hydrogens (primary N) is 1. The number of ether oxygens (including phenoxy) is 2. The zero-order valence-electron chi connectivity index (χ0n) is 18.3. The zero-order valence-corrected chi connectivity index (χ0v) is 18.3. The molecule has 1 aromatic carbocycles. The van der Waals surface area contributed by atoms with E-state index in [0.29, 0.717) is 45.8 Å². The highest BCUT2D eigenvalue weighted by Gasteiger charge is 2.22. The van der Waals surface area contributed by atoms with E-state index in [1.54, 1.807) is 62.7 Å². The van der Waals surface area contributed by atoms with Crippen molar-refractivity contribution in [3.63, 3.8) is 0 Å². The number of amides is 1. The van der Waals surface area contributed by atoms with Gasteiger partial charge in [-0.15, -0.1) is 0 Å². The Balaban J connectivity index is 1.78. The van der Waals surface area contributed by atoms with Crippen molar-refractivity contribution in [2.75, 3.05) is 18.2 Å². The molecule has 3 aromatic heterocycles. The summed E-state index contributed by atoms with van der Waals surface area (Å²) in [6, 6.07) is 5.23. The maximum absolute atomic E-state index is 12.2. The standard InChI is InChI=1S/C21H23N7O4/c1-11-24-18(27-32-11)19-26-15(16-17(22)23-8-9-28(16)19)12-6-7-13(14(10-12)30-5)25-20(29)31-21(2,3)4/h6-10H,1-5H3,(H2,22,23)(H,25,29). The number of imidazole rings is 1. The van der Waals surface area contributed by atoms with Crippen LogP contribution < -0.4 is 15.8 Å². The van der Waals surface area contributed by atoms with Crippen molar-refractivity contribution >= 4 is 23.1 Å². The summed E-state index contributed by atoms with van der Waals surface area (Å²) in [6.07, 6.45) is 2.71. The summed E-state index contributed by atoms with van der Waals surface area (Å²) >= 11 is 0. The molecule has 0 atom stereocenters. The van der Waals surface area contributed by atoms with Gasteiger partial charge in [-0.05, 0) is 32.9 Å². The summed E-state index contributed by atoms with van der Waals surface area (Å²) in [5.74, 6) is 1.91. The number of hydrogen-bond acceptors (Lipinski definition) is 9. The van der Waals surface area contributed by atoms with E-state index >= 15 is 0 Å². The number of nitrogens with one attached hydrogen (secondary N) is 1. The molecule has 3 heterocycles. The van der Waals surface area contributed by atoms with Crippen LogP contribution in [0.3, 0.4) is 0 Å². The first-order chi connectivity index (χ1) is 15.2. The van der Waals surface area contributed by atoms with Crippen molar-refractivity contribution in [3.8, 4) is 28.7 Å². The lowest BCUT2D eigenvalue weighted by Gasteiger charge is -2.20. The van der Waals surface area contributed by atoms with E-state index in [0.717, 1.165) is 0 Å². The normalized spacial score (nSPS) is 11.5. The van der Waals surface area contributed by atoms with Gasteiger partial charge >= 0.3 is 6.09 Å². The second-order valence-corrected chi connectivity index (χ2v) is 7.99. The van der Waals surface area contributed by atoms with Crippen LogP contribution in [0.15, 0.2) is 35.1 Å². The van der Waals surface area contributed by atoms with Gasteiger partial charge in [0.2, 0.25) is 11.7 Å². The van der Waals surface area contributed by atoms with E-state index in [1.165, 1.54) is 7.11 Å². The lowest BCUT2D eigenvalue weighted by molar-refractivity contribution is 0.0635. The quantitative estimate of drug-likeness (QED) is 0.488. The molecule has 32 heavy (non-hydrogen) atoms. The fourth-order valence-electron chi connectivity index (χ4n) is 3.17. The summed E-state index contributed by atoms with van der Waals surface area (Å²) in [7, 11) is 1.51. The fourth-order valence-corrected chi connectivity index (χ4v) is 3.17. The summed E-state index contributed by atoms with van der Waals surface area (Å²) in [5, 5.41) is 6.66. The Bertz CT molecular complexity index is 1300. The van der Waals surface area contributed by atoms with Crippen molar-refractivity contribution in [3.05, 3.63) is 36.5 Å². The minimum atomic E-state index is -0.624. The molecule has 0 aliphatic heterocycles. The predicted octanol–water partition coefficient (Wildman–Crippen LogP) is 3.69. The number of carbonyl (C=O) groups excluding carboxylic acids is 1. The van der Waals surface area contributed by atoms with Crippen LogP contribution in [0.1, 0.15) is 26.7 Å². The molecular formula is C21H23N7O4. The Labute approximate surface area is 183 Å². The summed E-state index contributed by atoms with van der Waals surface area (Å²) in [5.41, 5.74) is 7.83. The Hall–Kier alpha value is -4.15. The molecule has 0 spiro atoms. The van der Waals surface area contributed by atoms with Gasteiger partial charge in [0.1, 0.15) is 28.4 Å². The fraction of sp³-hybridized carbons (Fsp3) is 0.286. The number of nitrogen functional groups attached to an aromatic ring is 1. The Morgan fingerprint density at radius 3 is 2.69 bits per heavy atom. The molecule has 4 aromatic rings. The van der Waals surface area contributed by atoms with E-state index in [4.69, 9.17) is 24.7 Å². The van der Waals surface area contributed by atoms with Crippen LogP contribution in [-0.4, -0.2) is 43.3 Å². The number of nitrogens with zero attached hydrogens (tertiary/aromatic N) is 5. The second kappa shape index (κ2) is 7.84. The molecular weight excluding hydrogens is 414 g/mol. The molecule has 11 nitrogen and oxygen atoms in total. The van der Waals surface area contributed by atoms with Crippen molar-refractivity contribution < 1.29 is 18.8 Å². The van der Waals surface area contributed by atoms with Gasteiger partial charge in [0.25, 0.3) is 0 Å². The number of carbonyl (C=O) groups is 1. The van der Waals surface area contributed by atoms with E-state index in [2.05, 4.69) is 20.4 Å². The maximum atomic E-state index is 12.2. The highest BCUT2D eigenvalue weighted by Crippen LogP contribution is 2.35. The molecule has 1 amide bonds. The molecule has 0 fully saturated rings. The molecule has 166 valence electrons. The average molecular weight is 437 g/mol. The Kier molecular flexibility index (Phi) is 5.17. The highest BCUT2D eigenvalue weighted by atomic mass is 16.6. The molecule has 0 aliphatic rings. The van der Waals surface area contributed by atoms with Gasteiger partial charge in [-0.1, -0.05) is 11.2 Å². The van der Waals surface area contributed by atoms with Gasteiger partial charge < -0.3 is 19.7 Å². The van der Waals surface area contributed by atoms with Crippen LogP contribution in [0.5, 0.6) is 5.75 Å². The summed E-state index contributed by atoms with van der Waals surface area (Å²) < 4.78 is 17.7. The average Bonchev–Trinajstić information content (AvgIpc) is 3.31. The first kappa shape index (κ1) is 21.1. The Morgan fingerprint density at radius 2 is 2.03 bits per heavy atom. The molecule has 0 aliphatic carbocycles. The summed E-state index contributed by atoms with van der Waals surface area (Å²) in [4.78, 5) is 25.3. The number of anilines is 2. The monoisotopic (exact) mass is 437 g/mol. The third-order valence-electron chi connectivity index (χ3n) is 4.42. The Morgan fingerprint density at radius 1 is 1.25 bits per heavy atom. The van der Waals surface area contributed by atoms with Crippen molar-refractivity contribution in [1.29, 1.82) is 0 Å². The van der Waals surface area contributed by atoms with E-state index in [-0.39, 0.29) is 5.82 Å². The largest absolute Gasteiger partial charge is 0.495 e. The van der Waals surface area contributed by atoms with Crippen LogP contribution in [0, 0.1) is 6.92 Å². The maximum Gasteiger partial charge on any atom is 0.412 e. The number of rotatable bonds is 4. The number of aryl methyl sites for hydroxylation is 1. The van der Waals surface area contributed by atoms with Crippen molar-refractivity contribution in [1.82, 2.24) is 24.5 Å². The van der Waals surface area contributed by atoms with Gasteiger partial charge in [0, 0.05) is 24.9 Å². The second-order valence-electron chi connectivity index (χ2n) is 7.99. The smallest absolute Gasteiger partial charge is 0.412 e. The SMILES string of the molecule is COc1cc(-c2nc(-c3noc(C)n3)n3ccnc(N)c23)ccc1NC(=O)OC(C)(C)C. The number of methoxy groups -OCH3 is 1. The molecule has 11 heteroatoms. The van der Waals surface area contributed by atoms with Gasteiger partial charge in [0.05, 0.1) is 12.8 Å². The predicted molar refractivity (Wildman–Crippen MR) is 117 cm³/mol. The zero-order chi connectivity index (χ0) is 23.0. The first-order valence-corrected chi connectivity index (χ1v) is 9.78. The minimum Gasteiger partial charge on any atom is -0.495 e. The van der Waals surface area contributed by atoms with Crippen LogP contribution in [0.4, 0.5) is 16.3 Å². The van der Waals surface area contributed by atoms with E-state index in [9.17, 15) is 4.79 Å². The summed E-state index contributed by atoms with van der Waals surface area (Å²) in [6.45, 7) is 7.07. The molecule has 0 saturated heterocycles. The molecule has 0 unspecified atom stereocenters. The van der Waals surface area contributed by atoms with Crippen molar-refractivity contribution in [2.24, 2.45) is 0 Å². The first-order valence-electron chi connectivity index (χ1n) is 9.78. The van der Waals surface area contributed by atoms with Gasteiger partial charge in [-0.3, -0.25) is 9.72 Å². The molecule has 3 N–H and O–H groups in total. The lowest BCUT2D eigenvalue weighted by atomic mass is 10.1. The van der Waals surface area contributed by atoms with Crippen LogP contribution in [-0.2, 0) is 4.74 Å². The van der Waals surface area contributed by atoms with E-state index < -0.39 is 11.7 Å². The van der Waals surface area contributed by atoms with E-state index in [1.807, 2.05) is 0 Å². The van der Waals surface area contributed by atoms with Crippen LogP contribution in [0.25, 0.3) is 28.4 Å². The highest BCUT2D eigenvalue weighted by molar-refractivity contribution is 5.91. The van der Waals surface area contributed by atoms with Crippen LogP contribution >= 0.6 is 0 Å². The molecule has 4 rings (SSSR count). The number of benzene rings is 1. The van der Waals surface area contributed by atoms with Crippen LogP contribution in [0.2, 0.25) is 0 Å². The van der Waals surface area contributed by atoms with Gasteiger partial charge in [0.15, 0.2) is 5.82 Å². The van der Waals surface area contributed by atoms with Gasteiger partial charge in [-0.2, -0.15) is 4.98 Å². The number of hydrogen-bond donors (Lipinski definition) is 2. The molecule has 0 radical (unpaired) electrons. The number of aromatic nitrogens is 5.